The third kappa shape index (κ3) is 6.51. The fraction of sp³-hybridized carbons (Fsp3) is 0.219. The first kappa shape index (κ1) is 33.5. The Balaban J connectivity index is 1.31. The predicted molar refractivity (Wildman–Crippen MR) is 175 cm³/mol. The number of hydrogen-bond donors (Lipinski definition) is 2. The highest BCUT2D eigenvalue weighted by Crippen LogP contribution is 2.54. The Morgan fingerprint density at radius 3 is 2.48 bits per heavy atom. The van der Waals surface area contributed by atoms with Crippen molar-refractivity contribution >= 4 is 74.1 Å². The molecule has 3 heterocycles. The van der Waals surface area contributed by atoms with Gasteiger partial charge in [-0.2, -0.15) is 13.2 Å². The van der Waals surface area contributed by atoms with E-state index in [4.69, 9.17) is 9.47 Å². The number of nitrogens with zero attached hydrogens (tertiary/aromatic N) is 1. The molecule has 48 heavy (non-hydrogen) atoms. The lowest BCUT2D eigenvalue weighted by molar-refractivity contribution is -0.137. The lowest BCUT2D eigenvalue weighted by Gasteiger charge is -2.31. The van der Waals surface area contributed by atoms with Crippen LogP contribution in [0.15, 0.2) is 81.0 Å². The highest BCUT2D eigenvalue weighted by atomic mass is 79.9. The highest BCUT2D eigenvalue weighted by molar-refractivity contribution is 9.10. The maximum atomic E-state index is 14.2. The number of aromatic amines is 1. The van der Waals surface area contributed by atoms with Crippen LogP contribution in [0.2, 0.25) is 0 Å². The molecule has 0 spiro atoms. The van der Waals surface area contributed by atoms with Gasteiger partial charge in [-0.05, 0) is 67.6 Å². The number of alkyl halides is 3. The number of anilines is 2. The molecule has 2 aliphatic heterocycles. The number of benzene rings is 3. The van der Waals surface area contributed by atoms with Crippen LogP contribution in [0.5, 0.6) is 5.75 Å². The standard InChI is InChI=1S/C32H23BrF3N3O7S2/c1-2-45-30(43)15-6-9-19(10-7-15)39-28(41)24-23(25-27(38-31(44)48-25)47-26(24)29(39)42)20-13-17(33)8-11-21(20)46-14-22(40)37-18-5-3-4-16(12-18)32(34,35)36/h3-13,23-24,26H,2,14H2,1H3,(H,37,40)(H,38,44)/t23-,24-,26+/m0/s1. The molecule has 0 bridgehead atoms. The zero-order valence-corrected chi connectivity index (χ0v) is 27.8. The number of nitrogens with one attached hydrogen (secondary N) is 2. The average molecular weight is 763 g/mol. The van der Waals surface area contributed by atoms with Gasteiger partial charge in [0.25, 0.3) is 5.91 Å². The quantitative estimate of drug-likeness (QED) is 0.160. The number of imide groups is 1. The Labute approximate surface area is 286 Å². The number of halogens is 4. The average Bonchev–Trinajstić information content (AvgIpc) is 3.54. The fourth-order valence-corrected chi connectivity index (χ4v) is 8.46. The van der Waals surface area contributed by atoms with Crippen LogP contribution < -0.4 is 19.8 Å². The van der Waals surface area contributed by atoms with E-state index in [-0.39, 0.29) is 34.2 Å². The lowest BCUT2D eigenvalue weighted by Crippen LogP contribution is -2.32. The van der Waals surface area contributed by atoms with Gasteiger partial charge in [0.1, 0.15) is 11.0 Å². The topological polar surface area (TPSA) is 135 Å². The number of thioether (sulfide) groups is 1. The summed E-state index contributed by atoms with van der Waals surface area (Å²) >= 11 is 5.40. The van der Waals surface area contributed by atoms with E-state index in [0.717, 1.165) is 40.1 Å². The number of hydrogen-bond acceptors (Lipinski definition) is 9. The van der Waals surface area contributed by atoms with E-state index in [2.05, 4.69) is 26.2 Å². The van der Waals surface area contributed by atoms with Gasteiger partial charge in [0, 0.05) is 26.5 Å². The Morgan fingerprint density at radius 1 is 1.02 bits per heavy atom. The molecule has 1 aromatic heterocycles. The second-order valence-corrected chi connectivity index (χ2v) is 13.7. The first-order chi connectivity index (χ1) is 22.8. The molecule has 1 fully saturated rings. The summed E-state index contributed by atoms with van der Waals surface area (Å²) in [6, 6.07) is 14.9. The number of rotatable bonds is 8. The third-order valence-electron chi connectivity index (χ3n) is 7.60. The molecule has 3 amide bonds. The maximum absolute atomic E-state index is 14.2. The maximum Gasteiger partial charge on any atom is 0.416 e. The molecule has 0 aliphatic carbocycles. The summed E-state index contributed by atoms with van der Waals surface area (Å²) in [5.41, 5.74) is -0.0996. The summed E-state index contributed by atoms with van der Waals surface area (Å²) in [6.07, 6.45) is -4.59. The molecule has 16 heteroatoms. The molecule has 2 aliphatic rings. The number of esters is 1. The molecule has 4 aromatic rings. The van der Waals surface area contributed by atoms with Crippen molar-refractivity contribution in [3.8, 4) is 5.75 Å². The molecule has 3 atom stereocenters. The first-order valence-corrected chi connectivity index (χ1v) is 16.8. The van der Waals surface area contributed by atoms with Crippen molar-refractivity contribution in [2.24, 2.45) is 5.92 Å². The zero-order valence-electron chi connectivity index (χ0n) is 24.6. The Hall–Kier alpha value is -4.41. The number of fused-ring (bicyclic) bond motifs is 2. The summed E-state index contributed by atoms with van der Waals surface area (Å²) in [4.78, 5) is 69.4. The number of H-pyrrole nitrogens is 1. The number of carbonyl (C=O) groups excluding carboxylic acids is 4. The van der Waals surface area contributed by atoms with Gasteiger partial charge in [-0.3, -0.25) is 19.2 Å². The summed E-state index contributed by atoms with van der Waals surface area (Å²) in [6.45, 7) is 1.26. The molecule has 2 N–H and O–H groups in total. The normalized spacial score (nSPS) is 18.7. The molecule has 6 rings (SSSR count). The lowest BCUT2D eigenvalue weighted by atomic mass is 9.82. The van der Waals surface area contributed by atoms with Gasteiger partial charge in [-0.15, -0.1) is 0 Å². The third-order valence-corrected chi connectivity index (χ3v) is 10.5. The summed E-state index contributed by atoms with van der Waals surface area (Å²) in [5.74, 6) is -4.01. The largest absolute Gasteiger partial charge is 0.483 e. The van der Waals surface area contributed by atoms with Gasteiger partial charge in [-0.1, -0.05) is 45.1 Å². The van der Waals surface area contributed by atoms with Crippen molar-refractivity contribution in [1.29, 1.82) is 0 Å². The van der Waals surface area contributed by atoms with Crippen LogP contribution in [0.1, 0.15) is 39.2 Å². The minimum atomic E-state index is -4.59. The van der Waals surface area contributed by atoms with Crippen molar-refractivity contribution < 1.29 is 41.8 Å². The van der Waals surface area contributed by atoms with Gasteiger partial charge in [0.05, 0.1) is 34.4 Å². The Morgan fingerprint density at radius 2 is 1.77 bits per heavy atom. The van der Waals surface area contributed by atoms with Crippen LogP contribution >= 0.6 is 39.0 Å². The van der Waals surface area contributed by atoms with Gasteiger partial charge in [0.2, 0.25) is 11.8 Å². The van der Waals surface area contributed by atoms with Crippen molar-refractivity contribution in [2.45, 2.75) is 29.3 Å². The van der Waals surface area contributed by atoms with E-state index in [1.165, 1.54) is 36.4 Å². The van der Waals surface area contributed by atoms with Crippen molar-refractivity contribution in [2.75, 3.05) is 23.4 Å². The van der Waals surface area contributed by atoms with Crippen molar-refractivity contribution in [3.05, 3.63) is 102 Å². The second-order valence-electron chi connectivity index (χ2n) is 10.6. The molecule has 0 saturated carbocycles. The summed E-state index contributed by atoms with van der Waals surface area (Å²) in [5, 5.41) is 1.88. The molecular formula is C32H23BrF3N3O7S2. The minimum Gasteiger partial charge on any atom is -0.483 e. The molecule has 0 radical (unpaired) electrons. The second kappa shape index (κ2) is 13.2. The Bertz CT molecular complexity index is 2000. The molecule has 10 nitrogen and oxygen atoms in total. The fourth-order valence-electron chi connectivity index (χ4n) is 5.58. The minimum absolute atomic E-state index is 0.0752. The van der Waals surface area contributed by atoms with Gasteiger partial charge < -0.3 is 19.8 Å². The van der Waals surface area contributed by atoms with Gasteiger partial charge >= 0.3 is 17.0 Å². The van der Waals surface area contributed by atoms with Crippen LogP contribution in [-0.4, -0.2) is 47.1 Å². The summed E-state index contributed by atoms with van der Waals surface area (Å²) < 4.78 is 50.9. The SMILES string of the molecule is CCOC(=O)c1ccc(N2C(=O)[C@H]3[C@H](c4cc(Br)ccc4OCC(=O)Nc4cccc(C(F)(F)F)c4)c4sc(=O)[nH]c4S[C@H]3C2=O)cc1. The van der Waals surface area contributed by atoms with E-state index in [1.807, 2.05) is 0 Å². The predicted octanol–water partition coefficient (Wildman–Crippen LogP) is 6.21. The Kier molecular flexibility index (Phi) is 9.24. The monoisotopic (exact) mass is 761 g/mol. The molecule has 0 unspecified atom stereocenters. The van der Waals surface area contributed by atoms with E-state index >= 15 is 0 Å². The first-order valence-electron chi connectivity index (χ1n) is 14.3. The van der Waals surface area contributed by atoms with Crippen LogP contribution in [0.4, 0.5) is 24.5 Å². The van der Waals surface area contributed by atoms with E-state index in [0.29, 0.717) is 19.9 Å². The van der Waals surface area contributed by atoms with Gasteiger partial charge in [-0.25, -0.2) is 9.69 Å². The van der Waals surface area contributed by atoms with Crippen LogP contribution in [0.3, 0.4) is 0 Å². The zero-order chi connectivity index (χ0) is 34.3. The molecule has 248 valence electrons. The number of amides is 3. The van der Waals surface area contributed by atoms with Crippen molar-refractivity contribution in [3.63, 3.8) is 0 Å². The number of carbonyl (C=O) groups is 4. The van der Waals surface area contributed by atoms with E-state index in [1.54, 1.807) is 25.1 Å². The molecular weight excluding hydrogens is 739 g/mol. The number of ether oxygens (including phenoxy) is 2. The smallest absolute Gasteiger partial charge is 0.416 e. The number of thiazole rings is 1. The van der Waals surface area contributed by atoms with Crippen molar-refractivity contribution in [1.82, 2.24) is 4.98 Å². The van der Waals surface area contributed by atoms with Crippen LogP contribution in [-0.2, 0) is 25.3 Å². The molecule has 3 aromatic carbocycles. The van der Waals surface area contributed by atoms with E-state index in [9.17, 15) is 37.1 Å². The van der Waals surface area contributed by atoms with Crippen LogP contribution in [0.25, 0.3) is 0 Å². The van der Waals surface area contributed by atoms with Crippen LogP contribution in [0, 0.1) is 5.92 Å². The summed E-state index contributed by atoms with van der Waals surface area (Å²) in [7, 11) is 0. The van der Waals surface area contributed by atoms with Gasteiger partial charge in [0.15, 0.2) is 6.61 Å². The highest BCUT2D eigenvalue weighted by Gasteiger charge is 2.57. The van der Waals surface area contributed by atoms with E-state index < -0.39 is 59.1 Å². The number of aromatic nitrogens is 1. The molecule has 1 saturated heterocycles.